The maximum atomic E-state index is 11.7. The molecule has 0 saturated heterocycles. The van der Waals surface area contributed by atoms with Crippen LogP contribution in [0, 0.1) is 5.92 Å². The molecule has 6 nitrogen and oxygen atoms in total. The molecule has 3 atom stereocenters. The van der Waals surface area contributed by atoms with Crippen LogP contribution in [0.3, 0.4) is 0 Å². The van der Waals surface area contributed by atoms with Crippen molar-refractivity contribution in [2.75, 3.05) is 14.2 Å². The molecule has 0 spiro atoms. The van der Waals surface area contributed by atoms with Gasteiger partial charge in [-0.05, 0) is 32.0 Å². The van der Waals surface area contributed by atoms with Crippen molar-refractivity contribution >= 4 is 5.97 Å². The van der Waals surface area contributed by atoms with E-state index in [1.807, 2.05) is 54.5 Å². The van der Waals surface area contributed by atoms with Crippen LogP contribution in [0.25, 0.3) is 5.69 Å². The highest BCUT2D eigenvalue weighted by Gasteiger charge is 2.39. The second-order valence-corrected chi connectivity index (χ2v) is 6.37. The van der Waals surface area contributed by atoms with Crippen molar-refractivity contribution in [2.45, 2.75) is 31.5 Å². The average Bonchev–Trinajstić information content (AvgIpc) is 3.21. The van der Waals surface area contributed by atoms with E-state index in [2.05, 4.69) is 10.00 Å². The molecule has 0 unspecified atom stereocenters. The van der Waals surface area contributed by atoms with E-state index in [1.165, 1.54) is 7.11 Å². The Kier molecular flexibility index (Phi) is 4.97. The summed E-state index contributed by atoms with van der Waals surface area (Å²) in [7, 11) is 3.36. The van der Waals surface area contributed by atoms with Crippen molar-refractivity contribution in [3.05, 3.63) is 48.3 Å². The molecule has 1 heterocycles. The smallest absolute Gasteiger partial charge is 0.308 e. The van der Waals surface area contributed by atoms with Gasteiger partial charge in [0.2, 0.25) is 0 Å². The second kappa shape index (κ2) is 7.15. The lowest BCUT2D eigenvalue weighted by atomic mass is 10.1. The summed E-state index contributed by atoms with van der Waals surface area (Å²) >= 11 is 0. The third-order valence-corrected chi connectivity index (χ3v) is 4.69. The summed E-state index contributed by atoms with van der Waals surface area (Å²) in [4.78, 5) is 13.8. The maximum absolute atomic E-state index is 11.7. The lowest BCUT2D eigenvalue weighted by Crippen LogP contribution is -2.37. The molecule has 1 aromatic heterocycles. The van der Waals surface area contributed by atoms with Crippen LogP contribution in [0.5, 0.6) is 0 Å². The Hall–Kier alpha value is -2.18. The van der Waals surface area contributed by atoms with Crippen molar-refractivity contribution in [1.82, 2.24) is 14.7 Å². The highest BCUT2D eigenvalue weighted by Crippen LogP contribution is 2.30. The molecule has 1 aliphatic carbocycles. The molecule has 3 rings (SSSR count). The molecule has 1 aromatic carbocycles. The third kappa shape index (κ3) is 3.49. The maximum Gasteiger partial charge on any atom is 0.308 e. The van der Waals surface area contributed by atoms with Crippen molar-refractivity contribution in [1.29, 1.82) is 0 Å². The Morgan fingerprint density at radius 2 is 2.12 bits per heavy atom. The summed E-state index contributed by atoms with van der Waals surface area (Å²) in [5, 5.41) is 14.7. The van der Waals surface area contributed by atoms with Crippen LogP contribution >= 0.6 is 0 Å². The molecule has 0 aliphatic heterocycles. The van der Waals surface area contributed by atoms with E-state index in [4.69, 9.17) is 4.74 Å². The number of hydrogen-bond donors (Lipinski definition) is 1. The monoisotopic (exact) mass is 329 g/mol. The van der Waals surface area contributed by atoms with Gasteiger partial charge in [-0.3, -0.25) is 9.69 Å². The second-order valence-electron chi connectivity index (χ2n) is 6.37. The van der Waals surface area contributed by atoms with E-state index in [1.54, 1.807) is 0 Å². The Labute approximate surface area is 141 Å². The van der Waals surface area contributed by atoms with E-state index in [0.717, 1.165) is 11.3 Å². The first-order valence-corrected chi connectivity index (χ1v) is 8.13. The summed E-state index contributed by atoms with van der Waals surface area (Å²) in [6.45, 7) is 0.669. The molecule has 0 amide bonds. The van der Waals surface area contributed by atoms with Gasteiger partial charge in [-0.25, -0.2) is 4.68 Å². The number of para-hydroxylation sites is 1. The first-order valence-electron chi connectivity index (χ1n) is 8.13. The van der Waals surface area contributed by atoms with Gasteiger partial charge in [0, 0.05) is 24.3 Å². The summed E-state index contributed by atoms with van der Waals surface area (Å²) in [6.07, 6.45) is 4.40. The van der Waals surface area contributed by atoms with Gasteiger partial charge < -0.3 is 9.84 Å². The number of benzene rings is 1. The van der Waals surface area contributed by atoms with Gasteiger partial charge in [-0.2, -0.15) is 5.10 Å². The number of aliphatic hydroxyl groups is 1. The van der Waals surface area contributed by atoms with Crippen LogP contribution in [0.2, 0.25) is 0 Å². The Morgan fingerprint density at radius 1 is 1.38 bits per heavy atom. The largest absolute Gasteiger partial charge is 0.469 e. The lowest BCUT2D eigenvalue weighted by Gasteiger charge is -2.26. The van der Waals surface area contributed by atoms with Crippen LogP contribution in [0.4, 0.5) is 0 Å². The number of hydrogen-bond acceptors (Lipinski definition) is 5. The zero-order valence-electron chi connectivity index (χ0n) is 14.0. The van der Waals surface area contributed by atoms with Crippen molar-refractivity contribution in [2.24, 2.45) is 5.92 Å². The fourth-order valence-corrected chi connectivity index (χ4v) is 3.40. The first kappa shape index (κ1) is 16.7. The van der Waals surface area contributed by atoms with Gasteiger partial charge >= 0.3 is 5.97 Å². The number of rotatable bonds is 5. The molecular weight excluding hydrogens is 306 g/mol. The quantitative estimate of drug-likeness (QED) is 0.844. The average molecular weight is 329 g/mol. The molecule has 128 valence electrons. The minimum absolute atomic E-state index is 0.0471. The van der Waals surface area contributed by atoms with E-state index in [9.17, 15) is 9.90 Å². The van der Waals surface area contributed by atoms with Gasteiger partial charge in [-0.15, -0.1) is 0 Å². The van der Waals surface area contributed by atoms with Crippen LogP contribution in [0.1, 0.15) is 18.4 Å². The fraction of sp³-hybridized carbons (Fsp3) is 0.444. The van der Waals surface area contributed by atoms with Gasteiger partial charge in [0.1, 0.15) is 0 Å². The molecule has 6 heteroatoms. The predicted octanol–water partition coefficient (Wildman–Crippen LogP) is 1.62. The number of nitrogens with zero attached hydrogens (tertiary/aromatic N) is 3. The van der Waals surface area contributed by atoms with Gasteiger partial charge in [0.25, 0.3) is 0 Å². The summed E-state index contributed by atoms with van der Waals surface area (Å²) < 4.78 is 6.64. The Balaban J connectivity index is 1.64. The molecule has 1 N–H and O–H groups in total. The number of aromatic nitrogens is 2. The van der Waals surface area contributed by atoms with Crippen LogP contribution in [-0.4, -0.2) is 52.1 Å². The van der Waals surface area contributed by atoms with E-state index in [0.29, 0.717) is 19.4 Å². The molecule has 0 radical (unpaired) electrons. The van der Waals surface area contributed by atoms with Gasteiger partial charge in [-0.1, -0.05) is 18.2 Å². The van der Waals surface area contributed by atoms with Crippen LogP contribution < -0.4 is 0 Å². The number of methoxy groups -OCH3 is 1. The van der Waals surface area contributed by atoms with Crippen molar-refractivity contribution in [3.63, 3.8) is 0 Å². The van der Waals surface area contributed by atoms with Gasteiger partial charge in [0.05, 0.1) is 31.0 Å². The number of likely N-dealkylation sites (N-methyl/N-ethyl adjacent to an activating group) is 1. The number of carbonyl (C=O) groups excluding carboxylic acids is 1. The molecule has 24 heavy (non-hydrogen) atoms. The molecule has 1 fully saturated rings. The number of ether oxygens (including phenoxy) is 1. The van der Waals surface area contributed by atoms with Crippen LogP contribution in [0.15, 0.2) is 42.7 Å². The zero-order chi connectivity index (χ0) is 17.1. The molecule has 1 saturated carbocycles. The van der Waals surface area contributed by atoms with Crippen LogP contribution in [-0.2, 0) is 16.1 Å². The molecule has 0 bridgehead atoms. The standard InChI is InChI=1S/C18H23N3O3/c1-20(16-8-14(9-17(16)22)18(23)24-2)11-13-10-19-21(12-13)15-6-4-3-5-7-15/h3-7,10,12,14,16-17,22H,8-9,11H2,1-2H3/t14-,16-,17+/m0/s1. The lowest BCUT2D eigenvalue weighted by molar-refractivity contribution is -0.145. The number of aliphatic hydroxyl groups excluding tert-OH is 1. The summed E-state index contributed by atoms with van der Waals surface area (Å²) in [5.41, 5.74) is 2.08. The highest BCUT2D eigenvalue weighted by atomic mass is 16.5. The zero-order valence-corrected chi connectivity index (χ0v) is 14.0. The summed E-state index contributed by atoms with van der Waals surface area (Å²) in [6, 6.07) is 9.88. The molecule has 2 aromatic rings. The predicted molar refractivity (Wildman–Crippen MR) is 89.6 cm³/mol. The summed E-state index contributed by atoms with van der Waals surface area (Å²) in [5.74, 6) is -0.452. The fourth-order valence-electron chi connectivity index (χ4n) is 3.40. The number of carbonyl (C=O) groups is 1. The first-order chi connectivity index (χ1) is 11.6. The number of esters is 1. The minimum Gasteiger partial charge on any atom is -0.469 e. The molecule has 1 aliphatic rings. The Bertz CT molecular complexity index is 686. The van der Waals surface area contributed by atoms with E-state index >= 15 is 0 Å². The topological polar surface area (TPSA) is 67.6 Å². The van der Waals surface area contributed by atoms with E-state index in [-0.39, 0.29) is 17.9 Å². The minimum atomic E-state index is -0.511. The van der Waals surface area contributed by atoms with Crippen molar-refractivity contribution < 1.29 is 14.6 Å². The third-order valence-electron chi connectivity index (χ3n) is 4.69. The Morgan fingerprint density at radius 3 is 2.83 bits per heavy atom. The SMILES string of the molecule is COC(=O)[C@@H]1C[C@@H](O)[C@@H](N(C)Cc2cnn(-c3ccccc3)c2)C1. The molecular formula is C18H23N3O3. The normalized spacial score (nSPS) is 23.6. The van der Waals surface area contributed by atoms with Crippen molar-refractivity contribution in [3.8, 4) is 5.69 Å². The van der Waals surface area contributed by atoms with Gasteiger partial charge in [0.15, 0.2) is 0 Å². The van der Waals surface area contributed by atoms with E-state index < -0.39 is 6.10 Å². The highest BCUT2D eigenvalue weighted by molar-refractivity contribution is 5.72.